The van der Waals surface area contributed by atoms with Gasteiger partial charge in [-0.2, -0.15) is 5.10 Å². The van der Waals surface area contributed by atoms with E-state index in [1.165, 1.54) is 12.1 Å². The van der Waals surface area contributed by atoms with Crippen LogP contribution < -0.4 is 5.32 Å². The molecule has 3 aromatic rings. The molecule has 1 saturated carbocycles. The van der Waals surface area contributed by atoms with Crippen LogP contribution in [0.3, 0.4) is 0 Å². The molecule has 1 N–H and O–H groups in total. The normalized spacial score (nSPS) is 13.2. The summed E-state index contributed by atoms with van der Waals surface area (Å²) in [6.45, 7) is 4.77. The van der Waals surface area contributed by atoms with Gasteiger partial charge in [0.15, 0.2) is 0 Å². The Kier molecular flexibility index (Phi) is 6.87. The lowest BCUT2D eigenvalue weighted by Gasteiger charge is -2.23. The van der Waals surface area contributed by atoms with Crippen LogP contribution in [0.2, 0.25) is 0 Å². The molecule has 1 aromatic heterocycles. The molecule has 0 saturated heterocycles. The number of nitrogens with zero attached hydrogens (tertiary/aromatic N) is 3. The summed E-state index contributed by atoms with van der Waals surface area (Å²) < 4.78 is 15.0. The van der Waals surface area contributed by atoms with E-state index in [-0.39, 0.29) is 30.1 Å². The largest absolute Gasteiger partial charge is 0.333 e. The van der Waals surface area contributed by atoms with E-state index in [1.807, 2.05) is 30.3 Å². The molecule has 2 aromatic carbocycles. The molecule has 4 rings (SSSR count). The second-order valence-electron chi connectivity index (χ2n) is 8.93. The highest BCUT2D eigenvalue weighted by molar-refractivity contribution is 5.95. The summed E-state index contributed by atoms with van der Waals surface area (Å²) in [5.41, 5.74) is 2.21. The van der Waals surface area contributed by atoms with Gasteiger partial charge in [0.05, 0.1) is 17.9 Å². The van der Waals surface area contributed by atoms with Crippen molar-refractivity contribution in [2.45, 2.75) is 33.1 Å². The molecular formula is C26H29FN4O2. The van der Waals surface area contributed by atoms with Crippen LogP contribution in [0.4, 0.5) is 10.2 Å². The second-order valence-corrected chi connectivity index (χ2v) is 8.93. The molecule has 6 nitrogen and oxygen atoms in total. The van der Waals surface area contributed by atoms with E-state index in [0.29, 0.717) is 29.7 Å². The van der Waals surface area contributed by atoms with Crippen molar-refractivity contribution in [3.63, 3.8) is 0 Å². The minimum Gasteiger partial charge on any atom is -0.333 e. The maximum atomic E-state index is 13.5. The fraction of sp³-hybridized carbons (Fsp3) is 0.346. The third-order valence-corrected chi connectivity index (χ3v) is 5.67. The number of amides is 2. The number of aromatic nitrogens is 2. The minimum absolute atomic E-state index is 0.00266. The average Bonchev–Trinajstić information content (AvgIpc) is 3.58. The summed E-state index contributed by atoms with van der Waals surface area (Å²) in [5, 5.41) is 7.56. The third-order valence-electron chi connectivity index (χ3n) is 5.67. The van der Waals surface area contributed by atoms with Gasteiger partial charge in [0, 0.05) is 24.1 Å². The van der Waals surface area contributed by atoms with Crippen molar-refractivity contribution >= 4 is 17.6 Å². The van der Waals surface area contributed by atoms with Crippen molar-refractivity contribution in [1.82, 2.24) is 14.7 Å². The Labute approximate surface area is 193 Å². The van der Waals surface area contributed by atoms with Crippen molar-refractivity contribution in [2.75, 3.05) is 18.4 Å². The third kappa shape index (κ3) is 5.86. The molecule has 33 heavy (non-hydrogen) atoms. The number of hydrogen-bond donors (Lipinski definition) is 1. The standard InChI is InChI=1S/C26H29FN4O2/c1-18(2)14-15-30(26(33)20-8-9-20)17-25(32)28-24-16-23(19-6-4-3-5-7-19)29-31(24)22-12-10-21(27)11-13-22/h3-7,10-13,16,18,20H,8-9,14-15,17H2,1-2H3,(H,28,32). The Morgan fingerprint density at radius 1 is 1.12 bits per heavy atom. The van der Waals surface area contributed by atoms with Crippen LogP contribution in [0.5, 0.6) is 0 Å². The van der Waals surface area contributed by atoms with Gasteiger partial charge in [-0.3, -0.25) is 9.59 Å². The summed E-state index contributed by atoms with van der Waals surface area (Å²) in [5.74, 6) is 0.390. The average molecular weight is 449 g/mol. The monoisotopic (exact) mass is 448 g/mol. The van der Waals surface area contributed by atoms with Crippen LogP contribution in [-0.4, -0.2) is 39.6 Å². The summed E-state index contributed by atoms with van der Waals surface area (Å²) in [7, 11) is 0. The fourth-order valence-corrected chi connectivity index (χ4v) is 3.62. The Morgan fingerprint density at radius 2 is 1.82 bits per heavy atom. The predicted octanol–water partition coefficient (Wildman–Crippen LogP) is 4.90. The number of halogens is 1. The summed E-state index contributed by atoms with van der Waals surface area (Å²) >= 11 is 0. The molecule has 1 fully saturated rings. The summed E-state index contributed by atoms with van der Waals surface area (Å²) in [6, 6.07) is 17.3. The second kappa shape index (κ2) is 9.98. The molecule has 0 bridgehead atoms. The fourth-order valence-electron chi connectivity index (χ4n) is 3.62. The highest BCUT2D eigenvalue weighted by Gasteiger charge is 2.34. The van der Waals surface area contributed by atoms with Crippen LogP contribution in [-0.2, 0) is 9.59 Å². The molecule has 0 spiro atoms. The quantitative estimate of drug-likeness (QED) is 0.506. The first-order chi connectivity index (χ1) is 15.9. The van der Waals surface area contributed by atoms with Gasteiger partial charge in [-0.1, -0.05) is 44.2 Å². The summed E-state index contributed by atoms with van der Waals surface area (Å²) in [4.78, 5) is 27.4. The smallest absolute Gasteiger partial charge is 0.245 e. The zero-order valence-corrected chi connectivity index (χ0v) is 19.0. The SMILES string of the molecule is CC(C)CCN(CC(=O)Nc1cc(-c2ccccc2)nn1-c1ccc(F)cc1)C(=O)C1CC1. The Morgan fingerprint density at radius 3 is 2.45 bits per heavy atom. The summed E-state index contributed by atoms with van der Waals surface area (Å²) in [6.07, 6.45) is 2.64. The molecule has 7 heteroatoms. The van der Waals surface area contributed by atoms with Gasteiger partial charge >= 0.3 is 0 Å². The minimum atomic E-state index is -0.348. The molecule has 0 radical (unpaired) electrons. The highest BCUT2D eigenvalue weighted by atomic mass is 19.1. The molecule has 1 heterocycles. The van der Waals surface area contributed by atoms with E-state index in [1.54, 1.807) is 27.8 Å². The van der Waals surface area contributed by atoms with Crippen molar-refractivity contribution in [3.05, 3.63) is 66.5 Å². The number of hydrogen-bond acceptors (Lipinski definition) is 3. The Bertz CT molecular complexity index is 1110. The first-order valence-corrected chi connectivity index (χ1v) is 11.4. The lowest BCUT2D eigenvalue weighted by molar-refractivity contribution is -0.136. The molecule has 172 valence electrons. The molecule has 2 amide bonds. The van der Waals surface area contributed by atoms with E-state index >= 15 is 0 Å². The number of benzene rings is 2. The van der Waals surface area contributed by atoms with Crippen molar-refractivity contribution in [1.29, 1.82) is 0 Å². The first-order valence-electron chi connectivity index (χ1n) is 11.4. The number of rotatable bonds is 9. The van der Waals surface area contributed by atoms with Crippen molar-refractivity contribution < 1.29 is 14.0 Å². The van der Waals surface area contributed by atoms with Gasteiger partial charge in [0.1, 0.15) is 11.6 Å². The predicted molar refractivity (Wildman–Crippen MR) is 126 cm³/mol. The van der Waals surface area contributed by atoms with Crippen LogP contribution >= 0.6 is 0 Å². The number of nitrogens with one attached hydrogen (secondary N) is 1. The molecule has 0 atom stereocenters. The van der Waals surface area contributed by atoms with Gasteiger partial charge < -0.3 is 10.2 Å². The van der Waals surface area contributed by atoms with Gasteiger partial charge in [-0.25, -0.2) is 9.07 Å². The maximum absolute atomic E-state index is 13.5. The lowest BCUT2D eigenvalue weighted by atomic mass is 10.1. The highest BCUT2D eigenvalue weighted by Crippen LogP contribution is 2.31. The van der Waals surface area contributed by atoms with Crippen molar-refractivity contribution in [3.8, 4) is 16.9 Å². The number of carbonyl (C=O) groups excluding carboxylic acids is 2. The van der Waals surface area contributed by atoms with Crippen molar-refractivity contribution in [2.24, 2.45) is 11.8 Å². The Hall–Kier alpha value is -3.48. The van der Waals surface area contributed by atoms with Gasteiger partial charge in [0.25, 0.3) is 0 Å². The molecule has 1 aliphatic carbocycles. The van der Waals surface area contributed by atoms with E-state index in [0.717, 1.165) is 24.8 Å². The van der Waals surface area contributed by atoms with Gasteiger partial charge in [-0.05, 0) is 49.4 Å². The first kappa shape index (κ1) is 22.7. The maximum Gasteiger partial charge on any atom is 0.245 e. The topological polar surface area (TPSA) is 67.2 Å². The van der Waals surface area contributed by atoms with E-state index in [4.69, 9.17) is 0 Å². The van der Waals surface area contributed by atoms with Crippen LogP contribution in [0.25, 0.3) is 16.9 Å². The van der Waals surface area contributed by atoms with E-state index < -0.39 is 0 Å². The number of carbonyl (C=O) groups is 2. The Balaban J connectivity index is 1.57. The number of anilines is 1. The van der Waals surface area contributed by atoms with Gasteiger partial charge in [0.2, 0.25) is 11.8 Å². The molecule has 0 unspecified atom stereocenters. The molecular weight excluding hydrogens is 419 g/mol. The lowest BCUT2D eigenvalue weighted by Crippen LogP contribution is -2.40. The molecule has 0 aliphatic heterocycles. The van der Waals surface area contributed by atoms with Gasteiger partial charge in [-0.15, -0.1) is 0 Å². The van der Waals surface area contributed by atoms with E-state index in [9.17, 15) is 14.0 Å². The van der Waals surface area contributed by atoms with Crippen LogP contribution in [0.1, 0.15) is 33.1 Å². The van der Waals surface area contributed by atoms with Crippen LogP contribution in [0, 0.1) is 17.7 Å². The molecule has 1 aliphatic rings. The zero-order valence-electron chi connectivity index (χ0n) is 19.0. The zero-order chi connectivity index (χ0) is 23.4. The van der Waals surface area contributed by atoms with E-state index in [2.05, 4.69) is 24.3 Å². The van der Waals surface area contributed by atoms with Crippen LogP contribution in [0.15, 0.2) is 60.7 Å².